The number of pyridine rings is 1. The fraction of sp³-hybridized carbons (Fsp3) is 0.429. The van der Waals surface area contributed by atoms with Gasteiger partial charge in [0.15, 0.2) is 11.5 Å². The third kappa shape index (κ3) is 4.73. The van der Waals surface area contributed by atoms with Gasteiger partial charge in [0.1, 0.15) is 4.90 Å². The average Bonchev–Trinajstić information content (AvgIpc) is 2.79. The number of rotatable bonds is 7. The van der Waals surface area contributed by atoms with Crippen LogP contribution in [0.3, 0.4) is 0 Å². The summed E-state index contributed by atoms with van der Waals surface area (Å²) in [6.07, 6.45) is 3.84. The highest BCUT2D eigenvalue weighted by Crippen LogP contribution is 2.30. The van der Waals surface area contributed by atoms with Gasteiger partial charge in [0.2, 0.25) is 15.9 Å². The molecule has 1 saturated heterocycles. The summed E-state index contributed by atoms with van der Waals surface area (Å²) < 4.78 is 37.4. The van der Waals surface area contributed by atoms with E-state index in [2.05, 4.69) is 10.3 Å². The van der Waals surface area contributed by atoms with Crippen molar-refractivity contribution in [1.29, 1.82) is 0 Å². The maximum Gasteiger partial charge on any atom is 0.244 e. The zero-order valence-electron chi connectivity index (χ0n) is 17.4. The number of methoxy groups -OCH3 is 2. The Labute approximate surface area is 177 Å². The van der Waals surface area contributed by atoms with Crippen LogP contribution in [0.1, 0.15) is 31.4 Å². The predicted octanol–water partition coefficient (Wildman–Crippen LogP) is 2.38. The molecule has 0 saturated carbocycles. The normalized spacial score (nSPS) is 16.6. The Morgan fingerprint density at radius 3 is 2.47 bits per heavy atom. The van der Waals surface area contributed by atoms with Crippen LogP contribution in [0.25, 0.3) is 0 Å². The Hall–Kier alpha value is -2.65. The average molecular weight is 434 g/mol. The molecule has 1 atom stereocenters. The van der Waals surface area contributed by atoms with Crippen LogP contribution in [0.4, 0.5) is 0 Å². The fourth-order valence-corrected chi connectivity index (χ4v) is 4.98. The molecule has 30 heavy (non-hydrogen) atoms. The van der Waals surface area contributed by atoms with Crippen molar-refractivity contribution in [2.24, 2.45) is 5.92 Å². The Morgan fingerprint density at radius 1 is 1.17 bits per heavy atom. The van der Waals surface area contributed by atoms with E-state index in [-0.39, 0.29) is 22.8 Å². The number of nitrogens with zero attached hydrogens (tertiary/aromatic N) is 2. The molecule has 162 valence electrons. The molecule has 0 aliphatic carbocycles. The molecule has 2 heterocycles. The van der Waals surface area contributed by atoms with Crippen LogP contribution in [0, 0.1) is 5.92 Å². The van der Waals surface area contributed by atoms with Gasteiger partial charge in [-0.15, -0.1) is 0 Å². The molecule has 0 spiro atoms. The zero-order valence-corrected chi connectivity index (χ0v) is 18.2. The van der Waals surface area contributed by atoms with Gasteiger partial charge in [-0.3, -0.25) is 9.78 Å². The largest absolute Gasteiger partial charge is 0.493 e. The number of piperidine rings is 1. The van der Waals surface area contributed by atoms with Gasteiger partial charge in [-0.25, -0.2) is 8.42 Å². The highest BCUT2D eigenvalue weighted by molar-refractivity contribution is 7.89. The van der Waals surface area contributed by atoms with Gasteiger partial charge in [-0.2, -0.15) is 4.31 Å². The van der Waals surface area contributed by atoms with E-state index in [4.69, 9.17) is 9.47 Å². The first-order chi connectivity index (χ1) is 14.4. The number of sulfonamides is 1. The number of carbonyl (C=O) groups excluding carboxylic acids is 1. The number of carbonyl (C=O) groups is 1. The molecule has 1 aliphatic heterocycles. The molecule has 8 nitrogen and oxygen atoms in total. The van der Waals surface area contributed by atoms with Crippen molar-refractivity contribution >= 4 is 15.9 Å². The Bertz CT molecular complexity index is 973. The second-order valence-electron chi connectivity index (χ2n) is 7.21. The highest BCUT2D eigenvalue weighted by Gasteiger charge is 2.32. The topological polar surface area (TPSA) is 97.8 Å². The Kier molecular flexibility index (Phi) is 6.94. The van der Waals surface area contributed by atoms with Crippen molar-refractivity contribution in [3.63, 3.8) is 0 Å². The maximum absolute atomic E-state index is 12.7. The van der Waals surface area contributed by atoms with Gasteiger partial charge in [0, 0.05) is 31.4 Å². The van der Waals surface area contributed by atoms with Gasteiger partial charge < -0.3 is 14.8 Å². The molecule has 0 radical (unpaired) electrons. The van der Waals surface area contributed by atoms with E-state index < -0.39 is 10.0 Å². The van der Waals surface area contributed by atoms with Crippen LogP contribution in [0.15, 0.2) is 47.6 Å². The third-order valence-corrected chi connectivity index (χ3v) is 7.25. The van der Waals surface area contributed by atoms with E-state index in [1.807, 2.05) is 19.1 Å². The molecule has 1 N–H and O–H groups in total. The molecule has 1 unspecified atom stereocenters. The minimum Gasteiger partial charge on any atom is -0.493 e. The monoisotopic (exact) mass is 433 g/mol. The number of aromatic nitrogens is 1. The summed E-state index contributed by atoms with van der Waals surface area (Å²) in [5.41, 5.74) is 0.901. The number of ether oxygens (including phenoxy) is 2. The Morgan fingerprint density at radius 2 is 1.87 bits per heavy atom. The molecule has 1 amide bonds. The van der Waals surface area contributed by atoms with E-state index in [1.165, 1.54) is 22.8 Å². The van der Waals surface area contributed by atoms with Crippen LogP contribution >= 0.6 is 0 Å². The summed E-state index contributed by atoms with van der Waals surface area (Å²) in [5.74, 6) is 0.927. The van der Waals surface area contributed by atoms with Gasteiger partial charge in [0.25, 0.3) is 0 Å². The SMILES string of the molecule is COc1ccc(C(C)NC(=O)C2CCN(S(=O)(=O)c3cccnc3)CC2)cc1OC. The van der Waals surface area contributed by atoms with Crippen LogP contribution < -0.4 is 14.8 Å². The van der Waals surface area contributed by atoms with Gasteiger partial charge >= 0.3 is 0 Å². The maximum atomic E-state index is 12.7. The molecular weight excluding hydrogens is 406 g/mol. The van der Waals surface area contributed by atoms with Crippen LogP contribution in [0.2, 0.25) is 0 Å². The van der Waals surface area contributed by atoms with E-state index in [0.717, 1.165) is 5.56 Å². The molecule has 2 aromatic rings. The molecule has 1 aromatic carbocycles. The highest BCUT2D eigenvalue weighted by atomic mass is 32.2. The summed E-state index contributed by atoms with van der Waals surface area (Å²) in [7, 11) is -0.437. The van der Waals surface area contributed by atoms with Gasteiger partial charge in [0.05, 0.1) is 20.3 Å². The summed E-state index contributed by atoms with van der Waals surface area (Å²) in [6, 6.07) is 8.45. The predicted molar refractivity (Wildman–Crippen MR) is 112 cm³/mol. The lowest BCUT2D eigenvalue weighted by Gasteiger charge is -2.31. The lowest BCUT2D eigenvalue weighted by molar-refractivity contribution is -0.126. The quantitative estimate of drug-likeness (QED) is 0.720. The van der Waals surface area contributed by atoms with Crippen molar-refractivity contribution in [3.8, 4) is 11.5 Å². The standard InChI is InChI=1S/C21H27N3O5S/c1-15(17-6-7-19(28-2)20(13-17)29-3)23-21(25)16-8-11-24(12-9-16)30(26,27)18-5-4-10-22-14-18/h4-7,10,13-16H,8-9,11-12H2,1-3H3,(H,23,25). The van der Waals surface area contributed by atoms with Crippen molar-refractivity contribution < 1.29 is 22.7 Å². The second-order valence-corrected chi connectivity index (χ2v) is 9.15. The van der Waals surface area contributed by atoms with Crippen LogP contribution in [0.5, 0.6) is 11.5 Å². The first kappa shape index (κ1) is 22.0. The van der Waals surface area contributed by atoms with E-state index in [1.54, 1.807) is 26.4 Å². The summed E-state index contributed by atoms with van der Waals surface area (Å²) in [5, 5.41) is 3.03. The molecule has 3 rings (SSSR count). The van der Waals surface area contributed by atoms with Gasteiger partial charge in [-0.1, -0.05) is 6.07 Å². The Balaban J connectivity index is 1.59. The van der Waals surface area contributed by atoms with Gasteiger partial charge in [-0.05, 0) is 49.6 Å². The van der Waals surface area contributed by atoms with Crippen LogP contribution in [-0.2, 0) is 14.8 Å². The fourth-order valence-electron chi connectivity index (χ4n) is 3.54. The molecule has 9 heteroatoms. The number of amides is 1. The molecular formula is C21H27N3O5S. The minimum absolute atomic E-state index is 0.0734. The molecule has 1 aliphatic rings. The van der Waals surface area contributed by atoms with E-state index >= 15 is 0 Å². The number of nitrogens with one attached hydrogen (secondary N) is 1. The van der Waals surface area contributed by atoms with Crippen molar-refractivity contribution in [3.05, 3.63) is 48.3 Å². The molecule has 0 bridgehead atoms. The van der Waals surface area contributed by atoms with E-state index in [9.17, 15) is 13.2 Å². The molecule has 1 aromatic heterocycles. The summed E-state index contributed by atoms with van der Waals surface area (Å²) >= 11 is 0. The number of benzene rings is 1. The zero-order chi connectivity index (χ0) is 21.7. The van der Waals surface area contributed by atoms with E-state index in [0.29, 0.717) is 37.4 Å². The smallest absolute Gasteiger partial charge is 0.244 e. The van der Waals surface area contributed by atoms with Crippen molar-refractivity contribution in [2.75, 3.05) is 27.3 Å². The van der Waals surface area contributed by atoms with Crippen molar-refractivity contribution in [1.82, 2.24) is 14.6 Å². The summed E-state index contributed by atoms with van der Waals surface area (Å²) in [4.78, 5) is 16.8. The number of hydrogen-bond donors (Lipinski definition) is 1. The minimum atomic E-state index is -3.58. The lowest BCUT2D eigenvalue weighted by Crippen LogP contribution is -2.43. The summed E-state index contributed by atoms with van der Waals surface area (Å²) in [6.45, 7) is 2.52. The molecule has 1 fully saturated rings. The third-order valence-electron chi connectivity index (χ3n) is 5.36. The first-order valence-corrected chi connectivity index (χ1v) is 11.2. The number of hydrogen-bond acceptors (Lipinski definition) is 6. The lowest BCUT2D eigenvalue weighted by atomic mass is 9.96. The second kappa shape index (κ2) is 9.44. The van der Waals surface area contributed by atoms with Crippen LogP contribution in [-0.4, -0.2) is 50.9 Å². The van der Waals surface area contributed by atoms with Crippen molar-refractivity contribution in [2.45, 2.75) is 30.7 Å². The first-order valence-electron chi connectivity index (χ1n) is 9.79.